The molecule has 0 radical (unpaired) electrons. The van der Waals surface area contributed by atoms with Crippen molar-refractivity contribution in [3.05, 3.63) is 56.8 Å². The number of carbonyl (C=O) groups excluding carboxylic acids is 3. The molecule has 13 heteroatoms. The molecule has 0 saturated carbocycles. The maximum absolute atomic E-state index is 15.4. The summed E-state index contributed by atoms with van der Waals surface area (Å²) in [5, 5.41) is 0.00129. The van der Waals surface area contributed by atoms with Crippen molar-refractivity contribution in [2.45, 2.75) is 71.4 Å². The number of nitrogens with one attached hydrogen (secondary N) is 2. The molecule has 1 fully saturated rings. The van der Waals surface area contributed by atoms with E-state index >= 15 is 4.39 Å². The fourth-order valence-electron chi connectivity index (χ4n) is 4.78. The summed E-state index contributed by atoms with van der Waals surface area (Å²) < 4.78 is 38.4. The van der Waals surface area contributed by atoms with Crippen LogP contribution in [0.2, 0.25) is 10.0 Å². The van der Waals surface area contributed by atoms with E-state index in [1.807, 2.05) is 13.8 Å². The molecule has 0 aliphatic carbocycles. The lowest BCUT2D eigenvalue weighted by Gasteiger charge is -2.38. The van der Waals surface area contributed by atoms with Gasteiger partial charge in [0, 0.05) is 12.0 Å². The van der Waals surface area contributed by atoms with Gasteiger partial charge in [-0.3, -0.25) is 25.3 Å². The lowest BCUT2D eigenvalue weighted by Crippen LogP contribution is -2.50. The van der Waals surface area contributed by atoms with Crippen molar-refractivity contribution in [2.24, 2.45) is 0 Å². The van der Waals surface area contributed by atoms with Crippen molar-refractivity contribution in [3.63, 3.8) is 0 Å². The van der Waals surface area contributed by atoms with Crippen LogP contribution in [0.15, 0.2) is 24.3 Å². The second kappa shape index (κ2) is 11.5. The second-order valence-corrected chi connectivity index (χ2v) is 11.7. The summed E-state index contributed by atoms with van der Waals surface area (Å²) in [5.41, 5.74) is 1.83. The normalized spacial score (nSPS) is 19.4. The molecule has 41 heavy (non-hydrogen) atoms. The Balaban J connectivity index is 1.58. The number of carbonyl (C=O) groups is 3. The van der Waals surface area contributed by atoms with E-state index in [4.69, 9.17) is 42.1 Å². The molecule has 10 nitrogen and oxygen atoms in total. The van der Waals surface area contributed by atoms with Crippen LogP contribution in [-0.4, -0.2) is 53.9 Å². The summed E-state index contributed by atoms with van der Waals surface area (Å²) in [7, 11) is 0. The van der Waals surface area contributed by atoms with E-state index in [-0.39, 0.29) is 57.8 Å². The maximum Gasteiger partial charge on any atom is 0.413 e. The van der Waals surface area contributed by atoms with E-state index < -0.39 is 35.1 Å². The molecule has 1 saturated heterocycles. The molecule has 2 N–H and O–H groups in total. The number of benzene rings is 2. The van der Waals surface area contributed by atoms with Crippen LogP contribution in [0.1, 0.15) is 74.2 Å². The van der Waals surface area contributed by atoms with Crippen LogP contribution < -0.4 is 20.3 Å². The van der Waals surface area contributed by atoms with Gasteiger partial charge in [-0.05, 0) is 65.8 Å². The number of cyclic esters (lactones) is 1. The monoisotopic (exact) mass is 611 g/mol. The average molecular weight is 612 g/mol. The Morgan fingerprint density at radius 3 is 2.46 bits per heavy atom. The van der Waals surface area contributed by atoms with Crippen LogP contribution >= 0.6 is 23.2 Å². The zero-order valence-electron chi connectivity index (χ0n) is 23.5. The van der Waals surface area contributed by atoms with E-state index in [0.29, 0.717) is 12.2 Å². The quantitative estimate of drug-likeness (QED) is 0.433. The zero-order chi connectivity index (χ0) is 30.3. The van der Waals surface area contributed by atoms with Gasteiger partial charge >= 0.3 is 6.09 Å². The van der Waals surface area contributed by atoms with Gasteiger partial charge in [0.05, 0.1) is 46.5 Å². The van der Waals surface area contributed by atoms with Gasteiger partial charge in [0.15, 0.2) is 11.6 Å². The van der Waals surface area contributed by atoms with Gasteiger partial charge in [-0.15, -0.1) is 0 Å². The van der Waals surface area contributed by atoms with Gasteiger partial charge in [-0.2, -0.15) is 0 Å². The van der Waals surface area contributed by atoms with E-state index in [2.05, 4.69) is 10.9 Å². The smallest absolute Gasteiger partial charge is 0.413 e. The molecule has 0 unspecified atom stereocenters. The van der Waals surface area contributed by atoms with Crippen LogP contribution in [0, 0.1) is 5.82 Å². The first-order valence-electron chi connectivity index (χ1n) is 13.0. The van der Waals surface area contributed by atoms with Crippen molar-refractivity contribution < 1.29 is 37.7 Å². The number of amides is 3. The predicted molar refractivity (Wildman–Crippen MR) is 149 cm³/mol. The average Bonchev–Trinajstić information content (AvgIpc) is 3.18. The van der Waals surface area contributed by atoms with Gasteiger partial charge in [0.1, 0.15) is 17.1 Å². The largest absolute Gasteiger partial charge is 0.490 e. The molecule has 2 aromatic carbocycles. The van der Waals surface area contributed by atoms with Crippen LogP contribution in [0.25, 0.3) is 0 Å². The Kier molecular flexibility index (Phi) is 8.63. The minimum atomic E-state index is -1.53. The lowest BCUT2D eigenvalue weighted by molar-refractivity contribution is -0.0685. The van der Waals surface area contributed by atoms with Gasteiger partial charge < -0.3 is 18.9 Å². The third-order valence-corrected chi connectivity index (χ3v) is 7.36. The molecule has 2 aromatic rings. The molecule has 2 aliphatic heterocycles. The maximum atomic E-state index is 15.4. The summed E-state index contributed by atoms with van der Waals surface area (Å²) in [4.78, 5) is 40.5. The number of halogens is 3. The number of hydrazine groups is 1. The molecule has 4 rings (SSSR count). The second-order valence-electron chi connectivity index (χ2n) is 10.9. The molecular formula is C28H32Cl2FN3O7. The minimum Gasteiger partial charge on any atom is -0.490 e. The molecule has 2 aliphatic rings. The van der Waals surface area contributed by atoms with Crippen molar-refractivity contribution in [1.29, 1.82) is 0 Å². The van der Waals surface area contributed by atoms with E-state index in [0.717, 1.165) is 6.07 Å². The highest BCUT2D eigenvalue weighted by Gasteiger charge is 2.47. The van der Waals surface area contributed by atoms with Crippen molar-refractivity contribution in [1.82, 2.24) is 15.8 Å². The number of hydrogen-bond donors (Lipinski definition) is 2. The topological polar surface area (TPSA) is 115 Å². The Hall–Kier alpha value is -3.28. The molecule has 3 amide bonds. The fraction of sp³-hybridized carbons (Fsp3) is 0.464. The SMILES string of the molecule is CC(C)Oc1ccc(C(=O)NNC(=O)c2cc(F)c3c(c2Cl)C(C)(C)OC(=O)N2[C@H](CCO3)COC2(C)C)cc1Cl. The third kappa shape index (κ3) is 6.32. The standard InChI is InChI=1S/C28H32Cl2FN3O7/c1-14(2)40-20-8-7-15(11-18(20)29)24(35)32-33-25(36)17-12-19(31)23-21(22(17)30)27(3,4)41-26(37)34-16(9-10-38-23)13-39-28(34,5)6/h7-8,11-12,14,16H,9-10,13H2,1-6H3,(H,32,35)(H,33,36)/t16-/m1/s1. The van der Waals surface area contributed by atoms with Crippen LogP contribution in [-0.2, 0) is 15.1 Å². The number of ether oxygens (including phenoxy) is 4. The number of nitrogens with zero attached hydrogens (tertiary/aromatic N) is 1. The van der Waals surface area contributed by atoms with Crippen LogP contribution in [0.4, 0.5) is 9.18 Å². The predicted octanol–water partition coefficient (Wildman–Crippen LogP) is 5.59. The van der Waals surface area contributed by atoms with Crippen molar-refractivity contribution >= 4 is 41.1 Å². The van der Waals surface area contributed by atoms with Gasteiger partial charge in [-0.25, -0.2) is 9.18 Å². The Morgan fingerprint density at radius 2 is 1.80 bits per heavy atom. The summed E-state index contributed by atoms with van der Waals surface area (Å²) in [6, 6.07) is 4.95. The first-order chi connectivity index (χ1) is 19.1. The highest BCUT2D eigenvalue weighted by atomic mass is 35.5. The van der Waals surface area contributed by atoms with Crippen molar-refractivity contribution in [3.8, 4) is 11.5 Å². The van der Waals surface area contributed by atoms with Gasteiger partial charge in [-0.1, -0.05) is 23.2 Å². The molecule has 222 valence electrons. The van der Waals surface area contributed by atoms with E-state index in [9.17, 15) is 14.4 Å². The first kappa shape index (κ1) is 30.7. The van der Waals surface area contributed by atoms with Crippen LogP contribution in [0.3, 0.4) is 0 Å². The number of hydrogen-bond acceptors (Lipinski definition) is 7. The first-order valence-corrected chi connectivity index (χ1v) is 13.8. The summed E-state index contributed by atoms with van der Waals surface area (Å²) in [5.74, 6) is -2.33. The molecule has 2 heterocycles. The fourth-order valence-corrected chi connectivity index (χ4v) is 5.46. The molecule has 0 bridgehead atoms. The number of fused-ring (bicyclic) bond motifs is 2. The Labute approximate surface area is 247 Å². The minimum absolute atomic E-state index is 0.0344. The lowest BCUT2D eigenvalue weighted by atomic mass is 9.93. The molecule has 0 spiro atoms. The van der Waals surface area contributed by atoms with Gasteiger partial charge in [0.25, 0.3) is 11.8 Å². The highest BCUT2D eigenvalue weighted by Crippen LogP contribution is 2.44. The highest BCUT2D eigenvalue weighted by molar-refractivity contribution is 6.35. The summed E-state index contributed by atoms with van der Waals surface area (Å²) >= 11 is 12.8. The van der Waals surface area contributed by atoms with Crippen molar-refractivity contribution in [2.75, 3.05) is 13.2 Å². The Morgan fingerprint density at radius 1 is 1.12 bits per heavy atom. The van der Waals surface area contributed by atoms with Crippen LogP contribution in [0.5, 0.6) is 11.5 Å². The third-order valence-electron chi connectivity index (χ3n) is 6.67. The van der Waals surface area contributed by atoms with E-state index in [1.54, 1.807) is 13.8 Å². The molecule has 1 atom stereocenters. The molecule has 0 aromatic heterocycles. The number of rotatable bonds is 4. The zero-order valence-corrected chi connectivity index (χ0v) is 25.0. The summed E-state index contributed by atoms with van der Waals surface area (Å²) in [6.45, 7) is 10.5. The summed E-state index contributed by atoms with van der Waals surface area (Å²) in [6.07, 6.45) is -0.455. The van der Waals surface area contributed by atoms with Gasteiger partial charge in [0.2, 0.25) is 0 Å². The van der Waals surface area contributed by atoms with E-state index in [1.165, 1.54) is 36.9 Å². The Bertz CT molecular complexity index is 1380. The molecular weight excluding hydrogens is 580 g/mol.